The number of aliphatic hydroxyl groups is 1. The number of aromatic nitrogens is 5. The molecule has 0 saturated carbocycles. The second-order valence-corrected chi connectivity index (χ2v) is 22.7. The highest BCUT2D eigenvalue weighted by molar-refractivity contribution is 7.93. The number of carbonyl (C=O) groups is 4. The number of rotatable bonds is 15. The van der Waals surface area contributed by atoms with Gasteiger partial charge in [-0.15, -0.1) is 0 Å². The van der Waals surface area contributed by atoms with E-state index in [9.17, 15) is 86.5 Å². The number of pyridine rings is 1. The van der Waals surface area contributed by atoms with Crippen molar-refractivity contribution in [3.63, 3.8) is 0 Å². The van der Waals surface area contributed by atoms with Gasteiger partial charge in [0.15, 0.2) is 27.5 Å². The van der Waals surface area contributed by atoms with Crippen LogP contribution in [0.3, 0.4) is 0 Å². The van der Waals surface area contributed by atoms with Crippen LogP contribution in [0.5, 0.6) is 0 Å². The Morgan fingerprint density at radius 1 is 0.896 bits per heavy atom. The van der Waals surface area contributed by atoms with Crippen molar-refractivity contribution in [3.05, 3.63) is 106 Å². The number of carboxylic acids is 2. The van der Waals surface area contributed by atoms with Crippen LogP contribution in [0, 0.1) is 36.3 Å². The first-order chi connectivity index (χ1) is 35.3. The molecule has 3 aromatic heterocycles. The number of halogens is 10. The van der Waals surface area contributed by atoms with E-state index in [-0.39, 0.29) is 32.4 Å². The van der Waals surface area contributed by atoms with Gasteiger partial charge in [0.25, 0.3) is 5.92 Å². The standard InChI is InChI=1S/C46H39F10N7O12S2/c1-20-6-8-26(34-31(20)39(60-62(34)19-44(49,50)51)63(77(5,73)74)42(70)75-36(41(68)69)35(65)40(66)67)25-9-7-24(12-13-43(2,3)76(4,71)72)57-33(25)29(16-21-14-22(47)17-23(48)15-21)58-30(64)18-61-38-32(37(59-61)46(54,55)56)27-10-11-28(27)45(38,52)53/h6-11,14-15,17,27-29,35-36,65H,16,18-19H2,1-5H3,(H,58,64)(H,66,67)(H,68,69)/t27-,28+,29-,35-,36-/m0/s1. The van der Waals surface area contributed by atoms with E-state index < -0.39 is 183 Å². The first-order valence-corrected chi connectivity index (χ1v) is 25.7. The van der Waals surface area contributed by atoms with E-state index in [1.165, 1.54) is 20.8 Å². The molecule has 5 aromatic rings. The maximum absolute atomic E-state index is 15.8. The van der Waals surface area contributed by atoms with Crippen molar-refractivity contribution in [2.24, 2.45) is 5.92 Å². The molecular weight excluding hydrogens is 1100 g/mol. The molecule has 4 N–H and O–H groups in total. The molecule has 7 rings (SSSR count). The van der Waals surface area contributed by atoms with Crippen LogP contribution in [-0.4, -0.2) is 116 Å². The summed E-state index contributed by atoms with van der Waals surface area (Å²) in [7, 11) is -9.20. The Kier molecular flexibility index (Phi) is 14.7. The van der Waals surface area contributed by atoms with Crippen molar-refractivity contribution < 1.29 is 100.0 Å². The molecule has 0 radical (unpaired) electrons. The van der Waals surface area contributed by atoms with E-state index in [0.29, 0.717) is 6.07 Å². The number of sulfone groups is 1. The van der Waals surface area contributed by atoms with Gasteiger partial charge in [-0.3, -0.25) is 14.2 Å². The Morgan fingerprint density at radius 2 is 1.52 bits per heavy atom. The molecule has 0 bridgehead atoms. The number of benzene rings is 2. The Morgan fingerprint density at radius 3 is 2.05 bits per heavy atom. The SMILES string of the molecule is Cc1ccc(-c2ccc(C#CC(C)(C)S(C)(=O)=O)nc2[C@H](Cc2cc(F)cc(F)c2)NC(=O)Cn2nc(C(F)(F)F)c3c2C(F)(F)[C@@H]2C=C[C@H]32)c2c1c(N(C(=O)O[C@H](C(=O)O)[C@H](O)C(=O)O)S(C)(=O)=O)nn2CC(F)(F)F. The van der Waals surface area contributed by atoms with Gasteiger partial charge in [-0.2, -0.15) is 49.6 Å². The van der Waals surface area contributed by atoms with Crippen LogP contribution in [0.15, 0.2) is 54.6 Å². The highest BCUT2D eigenvalue weighted by Gasteiger charge is 2.61. The van der Waals surface area contributed by atoms with Crippen LogP contribution in [0.4, 0.5) is 54.5 Å². The normalized spacial score (nSPS) is 17.3. The number of aliphatic carboxylic acids is 2. The number of fused-ring (bicyclic) bond motifs is 4. The van der Waals surface area contributed by atoms with E-state index in [0.717, 1.165) is 54.8 Å². The van der Waals surface area contributed by atoms with E-state index in [1.54, 1.807) is 0 Å². The number of hydrogen-bond donors (Lipinski definition) is 4. The third-order valence-corrected chi connectivity index (χ3v) is 15.2. The molecule has 5 atom stereocenters. The number of sulfonamides is 1. The summed E-state index contributed by atoms with van der Waals surface area (Å²) in [5.41, 5.74) is -7.01. The van der Waals surface area contributed by atoms with Gasteiger partial charge < -0.3 is 25.4 Å². The number of nitrogens with one attached hydrogen (secondary N) is 1. The number of aliphatic hydroxyl groups excluding tert-OH is 1. The molecule has 0 aliphatic heterocycles. The predicted molar refractivity (Wildman–Crippen MR) is 246 cm³/mol. The van der Waals surface area contributed by atoms with Gasteiger partial charge in [-0.05, 0) is 68.5 Å². The molecule has 0 spiro atoms. The lowest BCUT2D eigenvalue weighted by Gasteiger charge is -2.27. The number of alkyl halides is 8. The lowest BCUT2D eigenvalue weighted by molar-refractivity contribution is -0.165. The van der Waals surface area contributed by atoms with E-state index >= 15 is 8.78 Å². The van der Waals surface area contributed by atoms with E-state index in [2.05, 4.69) is 37.1 Å². The maximum Gasteiger partial charge on any atom is 0.435 e. The highest BCUT2D eigenvalue weighted by atomic mass is 32.2. The topological polar surface area (TPSA) is 270 Å². The minimum atomic E-state index is -5.31. The number of nitrogens with zero attached hydrogens (tertiary/aromatic N) is 6. The third kappa shape index (κ3) is 11.3. The number of carbonyl (C=O) groups excluding carboxylic acids is 2. The Labute approximate surface area is 428 Å². The van der Waals surface area contributed by atoms with Crippen molar-refractivity contribution in [1.29, 1.82) is 0 Å². The quantitative estimate of drug-likeness (QED) is 0.0539. The van der Waals surface area contributed by atoms with Crippen LogP contribution >= 0.6 is 0 Å². The second-order valence-electron chi connectivity index (χ2n) is 18.3. The van der Waals surface area contributed by atoms with Gasteiger partial charge in [0.2, 0.25) is 22.0 Å². The van der Waals surface area contributed by atoms with Crippen molar-refractivity contribution in [3.8, 4) is 23.0 Å². The Bertz CT molecular complexity index is 3600. The number of ether oxygens (including phenoxy) is 1. The zero-order valence-corrected chi connectivity index (χ0v) is 41.6. The van der Waals surface area contributed by atoms with Gasteiger partial charge in [-0.25, -0.2) is 45.0 Å². The van der Waals surface area contributed by atoms with Crippen LogP contribution in [-0.2, 0) is 70.6 Å². The molecule has 31 heteroatoms. The molecule has 0 saturated heterocycles. The number of amides is 2. The monoisotopic (exact) mass is 1140 g/mol. The first kappa shape index (κ1) is 57.1. The fourth-order valence-corrected chi connectivity index (χ4v) is 9.49. The summed E-state index contributed by atoms with van der Waals surface area (Å²) in [6.45, 7) is 0.0229. The maximum atomic E-state index is 15.8. The summed E-state index contributed by atoms with van der Waals surface area (Å²) < 4.78 is 203. The predicted octanol–water partition coefficient (Wildman–Crippen LogP) is 5.91. The van der Waals surface area contributed by atoms with Crippen molar-refractivity contribution in [2.75, 3.05) is 16.8 Å². The van der Waals surface area contributed by atoms with Crippen molar-refractivity contribution >= 4 is 60.5 Å². The number of carboxylic acid groups (broad SMARTS) is 2. The minimum Gasteiger partial charge on any atom is -0.479 e. The van der Waals surface area contributed by atoms with Gasteiger partial charge in [0.1, 0.15) is 40.9 Å². The van der Waals surface area contributed by atoms with Crippen LogP contribution in [0.1, 0.15) is 65.3 Å². The number of aryl methyl sites for hydroxylation is 1. The van der Waals surface area contributed by atoms with E-state index in [1.807, 2.05) is 0 Å². The Hall–Kier alpha value is -7.59. The van der Waals surface area contributed by atoms with Crippen LogP contribution in [0.2, 0.25) is 0 Å². The Balaban J connectivity index is 1.49. The molecule has 77 heavy (non-hydrogen) atoms. The average Bonchev–Trinajstić information content (AvgIpc) is 3.85. The van der Waals surface area contributed by atoms with Crippen molar-refractivity contribution in [1.82, 2.24) is 29.9 Å². The molecule has 412 valence electrons. The third-order valence-electron chi connectivity index (χ3n) is 12.3. The molecule has 0 fully saturated rings. The summed E-state index contributed by atoms with van der Waals surface area (Å²) in [6.07, 6.45) is -16.6. The molecule has 2 amide bonds. The molecular formula is C46H39F10N7O12S2. The van der Waals surface area contributed by atoms with Crippen molar-refractivity contribution in [2.45, 2.75) is 87.5 Å². The second kappa shape index (κ2) is 19.8. The number of hydrogen-bond acceptors (Lipinski definition) is 13. The van der Waals surface area contributed by atoms with E-state index in [4.69, 9.17) is 0 Å². The van der Waals surface area contributed by atoms with Gasteiger partial charge in [-0.1, -0.05) is 30.2 Å². The largest absolute Gasteiger partial charge is 0.479 e. The fourth-order valence-electron chi connectivity index (χ4n) is 8.50. The number of allylic oxidation sites excluding steroid dienone is 2. The molecule has 2 aromatic carbocycles. The lowest BCUT2D eigenvalue weighted by Crippen LogP contribution is -2.47. The molecule has 2 aliphatic rings. The summed E-state index contributed by atoms with van der Waals surface area (Å²) in [6, 6.07) is 4.35. The highest BCUT2D eigenvalue weighted by Crippen LogP contribution is 2.60. The zero-order chi connectivity index (χ0) is 57.4. The summed E-state index contributed by atoms with van der Waals surface area (Å²) in [4.78, 5) is 55.8. The summed E-state index contributed by atoms with van der Waals surface area (Å²) in [5, 5.41) is 37.6. The zero-order valence-electron chi connectivity index (χ0n) is 40.0. The fraction of sp³-hybridized carbons (Fsp3) is 0.370. The smallest absolute Gasteiger partial charge is 0.435 e. The van der Waals surface area contributed by atoms with Gasteiger partial charge >= 0.3 is 30.4 Å². The van der Waals surface area contributed by atoms with Gasteiger partial charge in [0, 0.05) is 40.3 Å². The van der Waals surface area contributed by atoms with Crippen LogP contribution < -0.4 is 9.62 Å². The summed E-state index contributed by atoms with van der Waals surface area (Å²) in [5.74, 6) is -11.9. The lowest BCUT2D eigenvalue weighted by atomic mass is 9.81. The number of anilines is 1. The molecule has 3 heterocycles. The summed E-state index contributed by atoms with van der Waals surface area (Å²) >= 11 is 0. The van der Waals surface area contributed by atoms with Gasteiger partial charge in [0.05, 0.1) is 29.4 Å². The molecule has 2 aliphatic carbocycles. The first-order valence-electron chi connectivity index (χ1n) is 22.0. The van der Waals surface area contributed by atoms with Crippen LogP contribution in [0.25, 0.3) is 22.0 Å². The minimum absolute atomic E-state index is 0.111. The average molecular weight is 1140 g/mol. The molecule has 19 nitrogen and oxygen atoms in total. The molecule has 0 unspecified atom stereocenters.